The van der Waals surface area contributed by atoms with Crippen LogP contribution in [0.1, 0.15) is 0 Å². The number of hydrogen-bond donors (Lipinski definition) is 1. The molecule has 2 nitrogen and oxygen atoms in total. The molecule has 1 N–H and O–H groups in total. The van der Waals surface area contributed by atoms with Crippen molar-refractivity contribution >= 4 is 39.1 Å². The van der Waals surface area contributed by atoms with E-state index in [9.17, 15) is 9.18 Å². The molecule has 1 aromatic rings. The van der Waals surface area contributed by atoms with Gasteiger partial charge in [-0.3, -0.25) is 4.79 Å². The minimum Gasteiger partial charge on any atom is -0.325 e. The number of anilines is 1. The predicted molar refractivity (Wildman–Crippen MR) is 53.8 cm³/mol. The topological polar surface area (TPSA) is 29.1 Å². The highest BCUT2D eigenvalue weighted by atomic mass is 79.9. The molecule has 70 valence electrons. The standard InChI is InChI=1S/C8H6BrClFNO/c9-4-8(13)12-7-2-5(10)1-6(11)3-7/h1-3H,4H2,(H,12,13). The molecule has 0 saturated carbocycles. The van der Waals surface area contributed by atoms with Crippen LogP contribution in [0, 0.1) is 5.82 Å². The van der Waals surface area contributed by atoms with Gasteiger partial charge in [-0.05, 0) is 18.2 Å². The molecule has 0 radical (unpaired) electrons. The molecule has 13 heavy (non-hydrogen) atoms. The number of benzene rings is 1. The van der Waals surface area contributed by atoms with Crippen LogP contribution in [0.3, 0.4) is 0 Å². The number of carbonyl (C=O) groups is 1. The number of alkyl halides is 1. The molecule has 0 saturated heterocycles. The molecule has 0 aliphatic rings. The average Bonchev–Trinajstić information content (AvgIpc) is 2.02. The number of rotatable bonds is 2. The summed E-state index contributed by atoms with van der Waals surface area (Å²) < 4.78 is 12.7. The normalized spacial score (nSPS) is 9.77. The first kappa shape index (κ1) is 10.5. The lowest BCUT2D eigenvalue weighted by atomic mass is 10.3. The minimum absolute atomic E-state index is 0.168. The zero-order valence-corrected chi connectivity index (χ0v) is 8.82. The lowest BCUT2D eigenvalue weighted by Crippen LogP contribution is -2.12. The largest absolute Gasteiger partial charge is 0.325 e. The maximum absolute atomic E-state index is 12.7. The molecule has 0 heterocycles. The van der Waals surface area contributed by atoms with E-state index in [1.165, 1.54) is 18.2 Å². The second-order valence-corrected chi connectivity index (χ2v) is 3.34. The van der Waals surface area contributed by atoms with Gasteiger partial charge >= 0.3 is 0 Å². The highest BCUT2D eigenvalue weighted by Crippen LogP contribution is 2.17. The first-order valence-corrected chi connectivity index (χ1v) is 4.93. The molecule has 0 atom stereocenters. The van der Waals surface area contributed by atoms with Gasteiger partial charge in [0, 0.05) is 10.7 Å². The van der Waals surface area contributed by atoms with Crippen molar-refractivity contribution in [1.29, 1.82) is 0 Å². The molecule has 0 fully saturated rings. The van der Waals surface area contributed by atoms with E-state index in [1.54, 1.807) is 0 Å². The average molecular weight is 266 g/mol. The van der Waals surface area contributed by atoms with E-state index in [4.69, 9.17) is 11.6 Å². The minimum atomic E-state index is -0.475. The highest BCUT2D eigenvalue weighted by molar-refractivity contribution is 9.09. The van der Waals surface area contributed by atoms with Crippen LogP contribution >= 0.6 is 27.5 Å². The van der Waals surface area contributed by atoms with Crippen molar-refractivity contribution in [2.75, 3.05) is 10.6 Å². The molecule has 0 bridgehead atoms. The number of halogens is 3. The smallest absolute Gasteiger partial charge is 0.235 e. The summed E-state index contributed by atoms with van der Waals surface area (Å²) in [6.07, 6.45) is 0. The molecule has 0 spiro atoms. The molecule has 0 aromatic heterocycles. The summed E-state index contributed by atoms with van der Waals surface area (Å²) in [7, 11) is 0. The Labute approximate surface area is 88.2 Å². The third-order valence-electron chi connectivity index (χ3n) is 1.27. The summed E-state index contributed by atoms with van der Waals surface area (Å²) >= 11 is 8.54. The fourth-order valence-corrected chi connectivity index (χ4v) is 1.18. The molecule has 1 amide bonds. The van der Waals surface area contributed by atoms with Gasteiger partial charge in [0.15, 0.2) is 0 Å². The number of carbonyl (C=O) groups excluding carboxylic acids is 1. The summed E-state index contributed by atoms with van der Waals surface area (Å²) in [6, 6.07) is 3.85. The maximum Gasteiger partial charge on any atom is 0.235 e. The van der Waals surface area contributed by atoms with Gasteiger partial charge in [-0.15, -0.1) is 0 Å². The van der Waals surface area contributed by atoms with Crippen molar-refractivity contribution < 1.29 is 9.18 Å². The van der Waals surface area contributed by atoms with Gasteiger partial charge in [-0.1, -0.05) is 27.5 Å². The maximum atomic E-state index is 12.7. The molecule has 0 aliphatic heterocycles. The fourth-order valence-electron chi connectivity index (χ4n) is 0.820. The molecule has 1 rings (SSSR count). The predicted octanol–water partition coefficient (Wildman–Crippen LogP) is 2.81. The molecule has 5 heteroatoms. The van der Waals surface area contributed by atoms with Crippen LogP contribution in [0.15, 0.2) is 18.2 Å². The first-order chi connectivity index (χ1) is 6.11. The lowest BCUT2D eigenvalue weighted by molar-refractivity contribution is -0.113. The van der Waals surface area contributed by atoms with Gasteiger partial charge < -0.3 is 5.32 Å². The van der Waals surface area contributed by atoms with Crippen molar-refractivity contribution in [2.45, 2.75) is 0 Å². The van der Waals surface area contributed by atoms with Crippen LogP contribution in [-0.4, -0.2) is 11.2 Å². The first-order valence-electron chi connectivity index (χ1n) is 3.43. The molecule has 0 aliphatic carbocycles. The monoisotopic (exact) mass is 265 g/mol. The van der Waals surface area contributed by atoms with Gasteiger partial charge in [0.05, 0.1) is 5.33 Å². The SMILES string of the molecule is O=C(CBr)Nc1cc(F)cc(Cl)c1. The molecule has 0 unspecified atom stereocenters. The van der Waals surface area contributed by atoms with Crippen molar-refractivity contribution in [3.05, 3.63) is 29.0 Å². The van der Waals surface area contributed by atoms with Gasteiger partial charge in [-0.25, -0.2) is 4.39 Å². The summed E-state index contributed by atoms with van der Waals surface area (Å²) in [4.78, 5) is 10.9. The Hall–Kier alpha value is -0.610. The van der Waals surface area contributed by atoms with Crippen molar-refractivity contribution in [2.24, 2.45) is 0 Å². The number of hydrogen-bond acceptors (Lipinski definition) is 1. The van der Waals surface area contributed by atoms with Crippen molar-refractivity contribution in [1.82, 2.24) is 0 Å². The Balaban J connectivity index is 2.83. The summed E-state index contributed by atoms with van der Waals surface area (Å²) in [5.74, 6) is -0.723. The Morgan fingerprint density at radius 1 is 1.54 bits per heavy atom. The summed E-state index contributed by atoms with van der Waals surface area (Å²) in [5, 5.41) is 2.89. The van der Waals surface area contributed by atoms with E-state index >= 15 is 0 Å². The van der Waals surface area contributed by atoms with E-state index in [-0.39, 0.29) is 16.3 Å². The van der Waals surface area contributed by atoms with E-state index < -0.39 is 5.82 Å². The van der Waals surface area contributed by atoms with Crippen molar-refractivity contribution in [3.63, 3.8) is 0 Å². The third kappa shape index (κ3) is 3.32. The quantitative estimate of drug-likeness (QED) is 0.820. The summed E-state index contributed by atoms with van der Waals surface area (Å²) in [6.45, 7) is 0. The van der Waals surface area contributed by atoms with E-state index in [0.29, 0.717) is 5.69 Å². The Morgan fingerprint density at radius 2 is 2.23 bits per heavy atom. The van der Waals surface area contributed by atoms with E-state index in [0.717, 1.165) is 0 Å². The Kier molecular flexibility index (Phi) is 3.69. The Bertz CT molecular complexity index is 312. The fraction of sp³-hybridized carbons (Fsp3) is 0.125. The highest BCUT2D eigenvalue weighted by Gasteiger charge is 2.02. The second kappa shape index (κ2) is 4.58. The zero-order valence-electron chi connectivity index (χ0n) is 6.48. The van der Waals surface area contributed by atoms with Crippen LogP contribution in [0.5, 0.6) is 0 Å². The van der Waals surface area contributed by atoms with Crippen LogP contribution < -0.4 is 5.32 Å². The molecule has 1 aromatic carbocycles. The van der Waals surface area contributed by atoms with Gasteiger partial charge in [0.25, 0.3) is 0 Å². The molecular formula is C8H6BrClFNO. The molecular weight excluding hydrogens is 260 g/mol. The van der Waals surface area contributed by atoms with Crippen LogP contribution in [0.4, 0.5) is 10.1 Å². The van der Waals surface area contributed by atoms with E-state index in [2.05, 4.69) is 21.2 Å². The van der Waals surface area contributed by atoms with Crippen LogP contribution in [-0.2, 0) is 4.79 Å². The van der Waals surface area contributed by atoms with Gasteiger partial charge in [0.1, 0.15) is 5.82 Å². The third-order valence-corrected chi connectivity index (χ3v) is 2.00. The number of amides is 1. The summed E-state index contributed by atoms with van der Waals surface area (Å²) in [5.41, 5.74) is 0.356. The van der Waals surface area contributed by atoms with Gasteiger partial charge in [0.2, 0.25) is 5.91 Å². The van der Waals surface area contributed by atoms with Crippen molar-refractivity contribution in [3.8, 4) is 0 Å². The van der Waals surface area contributed by atoms with Crippen LogP contribution in [0.2, 0.25) is 5.02 Å². The van der Waals surface area contributed by atoms with Gasteiger partial charge in [-0.2, -0.15) is 0 Å². The van der Waals surface area contributed by atoms with Crippen LogP contribution in [0.25, 0.3) is 0 Å². The lowest BCUT2D eigenvalue weighted by Gasteiger charge is -2.03. The second-order valence-electron chi connectivity index (χ2n) is 2.34. The van der Waals surface area contributed by atoms with E-state index in [1.807, 2.05) is 0 Å². The number of nitrogens with one attached hydrogen (secondary N) is 1. The zero-order chi connectivity index (χ0) is 9.84. The Morgan fingerprint density at radius 3 is 2.77 bits per heavy atom.